The second-order valence-corrected chi connectivity index (χ2v) is 7.06. The highest BCUT2D eigenvalue weighted by Crippen LogP contribution is 2.18. The fourth-order valence-corrected chi connectivity index (χ4v) is 3.21. The molecule has 152 valence electrons. The number of amides is 1. The Morgan fingerprint density at radius 2 is 1.43 bits per heavy atom. The lowest BCUT2D eigenvalue weighted by molar-refractivity contribution is 0.0472. The van der Waals surface area contributed by atoms with E-state index in [2.05, 4.69) is 0 Å². The van der Waals surface area contributed by atoms with Crippen LogP contribution in [0.15, 0.2) is 72.8 Å². The molecule has 3 aromatic carbocycles. The number of ketones is 1. The van der Waals surface area contributed by atoms with Crippen molar-refractivity contribution in [2.75, 3.05) is 18.6 Å². The maximum absolute atomic E-state index is 13.0. The van der Waals surface area contributed by atoms with Crippen LogP contribution in [0.1, 0.15) is 42.2 Å². The summed E-state index contributed by atoms with van der Waals surface area (Å²) in [7, 11) is 1.64. The molecule has 0 unspecified atom stereocenters. The van der Waals surface area contributed by atoms with Crippen LogP contribution in [-0.4, -0.2) is 31.3 Å². The Hall–Kier alpha value is -3.73. The number of para-hydroxylation sites is 1. The molecular weight excluding hydrogens is 378 g/mol. The summed E-state index contributed by atoms with van der Waals surface area (Å²) in [5.41, 5.74) is 3.44. The van der Waals surface area contributed by atoms with Crippen molar-refractivity contribution >= 4 is 23.3 Å². The van der Waals surface area contributed by atoms with Gasteiger partial charge in [0.15, 0.2) is 6.61 Å². The quantitative estimate of drug-likeness (QED) is 0.447. The monoisotopic (exact) mass is 401 g/mol. The van der Waals surface area contributed by atoms with Gasteiger partial charge in [-0.05, 0) is 43.7 Å². The third kappa shape index (κ3) is 4.63. The number of esters is 1. The lowest BCUT2D eigenvalue weighted by atomic mass is 10.0. The predicted octanol–water partition coefficient (Wildman–Crippen LogP) is 4.62. The minimum atomic E-state index is -0.710. The minimum Gasteiger partial charge on any atom is -0.454 e. The van der Waals surface area contributed by atoms with Crippen molar-refractivity contribution in [3.8, 4) is 0 Å². The van der Waals surface area contributed by atoms with Gasteiger partial charge in [0.1, 0.15) is 0 Å². The van der Waals surface area contributed by atoms with Gasteiger partial charge in [-0.1, -0.05) is 54.1 Å². The summed E-state index contributed by atoms with van der Waals surface area (Å²) in [4.78, 5) is 39.6. The number of Topliss-reactive ketones (excluding diaryl/α,β-unsaturated/α-hetero) is 1. The molecule has 5 nitrogen and oxygen atoms in total. The van der Waals surface area contributed by atoms with Gasteiger partial charge in [0.25, 0.3) is 5.91 Å². The summed E-state index contributed by atoms with van der Waals surface area (Å²) in [6, 6.07) is 21.1. The molecule has 0 bridgehead atoms. The highest BCUT2D eigenvalue weighted by atomic mass is 16.5. The zero-order valence-electron chi connectivity index (χ0n) is 17.2. The van der Waals surface area contributed by atoms with Gasteiger partial charge in [-0.15, -0.1) is 0 Å². The number of hydrogen-bond acceptors (Lipinski definition) is 4. The van der Waals surface area contributed by atoms with Crippen molar-refractivity contribution in [2.24, 2.45) is 0 Å². The maximum Gasteiger partial charge on any atom is 0.339 e. The van der Waals surface area contributed by atoms with Crippen LogP contribution >= 0.6 is 0 Å². The Balaban J connectivity index is 1.75. The van der Waals surface area contributed by atoms with E-state index in [4.69, 9.17) is 4.74 Å². The summed E-state index contributed by atoms with van der Waals surface area (Å²) in [5, 5.41) is 0. The lowest BCUT2D eigenvalue weighted by Gasteiger charge is -2.18. The highest BCUT2D eigenvalue weighted by Gasteiger charge is 2.22. The normalized spacial score (nSPS) is 10.4. The molecule has 3 aromatic rings. The molecule has 30 heavy (non-hydrogen) atoms. The van der Waals surface area contributed by atoms with E-state index in [9.17, 15) is 14.4 Å². The van der Waals surface area contributed by atoms with Gasteiger partial charge in [-0.25, -0.2) is 4.79 Å². The topological polar surface area (TPSA) is 63.7 Å². The number of carbonyl (C=O) groups is 3. The van der Waals surface area contributed by atoms with Crippen molar-refractivity contribution in [3.63, 3.8) is 0 Å². The molecule has 0 aliphatic carbocycles. The molecule has 0 aliphatic rings. The van der Waals surface area contributed by atoms with Crippen LogP contribution in [0.2, 0.25) is 0 Å². The second kappa shape index (κ2) is 9.18. The van der Waals surface area contributed by atoms with Crippen molar-refractivity contribution < 1.29 is 19.1 Å². The van der Waals surface area contributed by atoms with Crippen LogP contribution in [0.25, 0.3) is 0 Å². The Kier molecular flexibility index (Phi) is 6.42. The van der Waals surface area contributed by atoms with E-state index in [-0.39, 0.29) is 29.4 Å². The number of hydrogen-bond donors (Lipinski definition) is 0. The van der Waals surface area contributed by atoms with Crippen molar-refractivity contribution in [1.29, 1.82) is 0 Å². The number of benzene rings is 3. The molecule has 0 aromatic heterocycles. The van der Waals surface area contributed by atoms with Gasteiger partial charge in [0, 0.05) is 18.3 Å². The number of nitrogens with zero attached hydrogens (tertiary/aromatic N) is 1. The fourth-order valence-electron chi connectivity index (χ4n) is 3.21. The SMILES string of the molecule is Cc1ccc(C(=O)COC(=O)c2ccccc2C(=O)N(C)c2ccccc2)c(C)c1. The standard InChI is InChI=1S/C25H23NO4/c1-17-13-14-20(18(2)15-17)23(27)16-30-25(29)22-12-8-7-11-21(22)24(28)26(3)19-9-5-4-6-10-19/h4-15H,16H2,1-3H3. The molecule has 0 radical (unpaired) electrons. The summed E-state index contributed by atoms with van der Waals surface area (Å²) in [5.74, 6) is -1.33. The van der Waals surface area contributed by atoms with Gasteiger partial charge >= 0.3 is 5.97 Å². The molecule has 3 rings (SSSR count). The van der Waals surface area contributed by atoms with Gasteiger partial charge in [-0.3, -0.25) is 9.59 Å². The van der Waals surface area contributed by atoms with E-state index < -0.39 is 5.97 Å². The van der Waals surface area contributed by atoms with Gasteiger partial charge in [0.05, 0.1) is 11.1 Å². The van der Waals surface area contributed by atoms with Gasteiger partial charge < -0.3 is 9.64 Å². The molecule has 1 amide bonds. The Labute approximate surface area is 175 Å². The first-order chi connectivity index (χ1) is 14.4. The van der Waals surface area contributed by atoms with Crippen molar-refractivity contribution in [1.82, 2.24) is 0 Å². The first-order valence-electron chi connectivity index (χ1n) is 9.58. The van der Waals surface area contributed by atoms with Crippen LogP contribution in [0.5, 0.6) is 0 Å². The van der Waals surface area contributed by atoms with Crippen molar-refractivity contribution in [2.45, 2.75) is 13.8 Å². The number of ether oxygens (including phenoxy) is 1. The molecule has 0 saturated carbocycles. The summed E-state index contributed by atoms with van der Waals surface area (Å²) < 4.78 is 5.25. The number of anilines is 1. The predicted molar refractivity (Wildman–Crippen MR) is 116 cm³/mol. The molecule has 0 saturated heterocycles. The van der Waals surface area contributed by atoms with E-state index in [1.54, 1.807) is 43.4 Å². The fraction of sp³-hybridized carbons (Fsp3) is 0.160. The van der Waals surface area contributed by atoms with E-state index in [1.165, 1.54) is 11.0 Å². The highest BCUT2D eigenvalue weighted by molar-refractivity contribution is 6.12. The third-order valence-corrected chi connectivity index (χ3v) is 4.84. The van der Waals surface area contributed by atoms with E-state index in [0.29, 0.717) is 11.3 Å². The van der Waals surface area contributed by atoms with Gasteiger partial charge in [0.2, 0.25) is 5.78 Å². The Bertz CT molecular complexity index is 1090. The smallest absolute Gasteiger partial charge is 0.339 e. The molecular formula is C25H23NO4. The zero-order valence-corrected chi connectivity index (χ0v) is 17.2. The molecule has 0 spiro atoms. The lowest BCUT2D eigenvalue weighted by Crippen LogP contribution is -2.28. The summed E-state index contributed by atoms with van der Waals surface area (Å²) in [6.07, 6.45) is 0. The Morgan fingerprint density at radius 1 is 0.800 bits per heavy atom. The first kappa shape index (κ1) is 21.0. The molecule has 0 aliphatic heterocycles. The summed E-state index contributed by atoms with van der Waals surface area (Å²) in [6.45, 7) is 3.40. The second-order valence-electron chi connectivity index (χ2n) is 7.06. The van der Waals surface area contributed by atoms with E-state index >= 15 is 0 Å². The van der Waals surface area contributed by atoms with Crippen LogP contribution in [0.4, 0.5) is 5.69 Å². The molecule has 0 N–H and O–H groups in total. The summed E-state index contributed by atoms with van der Waals surface area (Å²) >= 11 is 0. The number of rotatable bonds is 6. The average Bonchev–Trinajstić information content (AvgIpc) is 2.76. The molecule has 0 heterocycles. The van der Waals surface area contributed by atoms with Crippen LogP contribution in [-0.2, 0) is 4.74 Å². The van der Waals surface area contributed by atoms with Crippen LogP contribution in [0, 0.1) is 13.8 Å². The Morgan fingerprint density at radius 3 is 2.10 bits per heavy atom. The minimum absolute atomic E-state index is 0.124. The number of carbonyl (C=O) groups excluding carboxylic acids is 3. The number of aryl methyl sites for hydroxylation is 2. The molecule has 0 fully saturated rings. The largest absolute Gasteiger partial charge is 0.454 e. The third-order valence-electron chi connectivity index (χ3n) is 4.84. The molecule has 0 atom stereocenters. The van der Waals surface area contributed by atoms with Gasteiger partial charge in [-0.2, -0.15) is 0 Å². The van der Waals surface area contributed by atoms with Crippen molar-refractivity contribution in [3.05, 3.63) is 101 Å². The maximum atomic E-state index is 13.0. The average molecular weight is 401 g/mol. The first-order valence-corrected chi connectivity index (χ1v) is 9.58. The van der Waals surface area contributed by atoms with E-state index in [0.717, 1.165) is 11.1 Å². The van der Waals surface area contributed by atoms with Crippen LogP contribution < -0.4 is 4.90 Å². The zero-order chi connectivity index (χ0) is 21.7. The van der Waals surface area contributed by atoms with E-state index in [1.807, 2.05) is 44.2 Å². The molecule has 5 heteroatoms. The van der Waals surface area contributed by atoms with Crippen LogP contribution in [0.3, 0.4) is 0 Å².